The zero-order chi connectivity index (χ0) is 18.0. The first-order valence-electron chi connectivity index (χ1n) is 9.11. The number of ether oxygens (including phenoxy) is 1. The first-order valence-corrected chi connectivity index (χ1v) is 9.11. The zero-order valence-corrected chi connectivity index (χ0v) is 15.6. The second-order valence-corrected chi connectivity index (χ2v) is 7.65. The van der Waals surface area contributed by atoms with Gasteiger partial charge in [0.05, 0.1) is 0 Å². The third-order valence-electron chi connectivity index (χ3n) is 5.07. The van der Waals surface area contributed by atoms with Gasteiger partial charge in [-0.1, -0.05) is 18.2 Å². The van der Waals surface area contributed by atoms with Crippen LogP contribution < -0.4 is 4.74 Å². The molecule has 2 aromatic rings. The van der Waals surface area contributed by atoms with E-state index >= 15 is 0 Å². The van der Waals surface area contributed by atoms with Crippen molar-refractivity contribution in [3.63, 3.8) is 0 Å². The topological polar surface area (TPSA) is 29.5 Å². The van der Waals surface area contributed by atoms with Crippen LogP contribution in [-0.2, 0) is 19.3 Å². The summed E-state index contributed by atoms with van der Waals surface area (Å²) >= 11 is 0. The number of fused-ring (bicyclic) bond motifs is 2. The summed E-state index contributed by atoms with van der Waals surface area (Å²) < 4.78 is 6.01. The Kier molecular flexibility index (Phi) is 4.89. The molecular weight excluding hydrogens is 308 g/mol. The summed E-state index contributed by atoms with van der Waals surface area (Å²) in [5.74, 6) is 1.47. The lowest BCUT2D eigenvalue weighted by atomic mass is 9.92. The number of hydrogen-bond acceptors (Lipinski definition) is 2. The minimum Gasteiger partial charge on any atom is -0.508 e. The van der Waals surface area contributed by atoms with E-state index in [1.165, 1.54) is 35.1 Å². The van der Waals surface area contributed by atoms with Crippen molar-refractivity contribution in [2.45, 2.75) is 58.5 Å². The summed E-state index contributed by atoms with van der Waals surface area (Å²) in [6, 6.07) is 9.52. The van der Waals surface area contributed by atoms with E-state index < -0.39 is 0 Å². The molecule has 0 radical (unpaired) electrons. The average Bonchev–Trinajstić information content (AvgIpc) is 3.34. The van der Waals surface area contributed by atoms with Crippen LogP contribution in [0.5, 0.6) is 11.5 Å². The average molecular weight is 336 g/mol. The van der Waals surface area contributed by atoms with E-state index in [2.05, 4.69) is 33.4 Å². The zero-order valence-electron chi connectivity index (χ0n) is 15.6. The van der Waals surface area contributed by atoms with E-state index in [1.54, 1.807) is 17.7 Å². The molecule has 0 spiro atoms. The second kappa shape index (κ2) is 6.95. The van der Waals surface area contributed by atoms with E-state index in [9.17, 15) is 0 Å². The van der Waals surface area contributed by atoms with Gasteiger partial charge < -0.3 is 9.84 Å². The van der Waals surface area contributed by atoms with E-state index in [1.807, 2.05) is 18.2 Å². The van der Waals surface area contributed by atoms with Crippen LogP contribution >= 0.6 is 0 Å². The predicted molar refractivity (Wildman–Crippen MR) is 104 cm³/mol. The van der Waals surface area contributed by atoms with Crippen LogP contribution in [0.2, 0.25) is 0 Å². The quantitative estimate of drug-likeness (QED) is 0.639. The standard InChI is InChI=1S/C13H16O.C10H12O/c1-8-10-4-5-13(2,3)14-12(10)7-9-6-11(8)9;1-2-3-4-9-5-7-10(11)8-6-9/h7H,4-6H2,1-3H3;2,5-8,11H,1,3-4H2. The molecule has 0 saturated carbocycles. The fourth-order valence-corrected chi connectivity index (χ4v) is 3.38. The molecule has 132 valence electrons. The smallest absolute Gasteiger partial charge is 0.123 e. The maximum atomic E-state index is 8.96. The highest BCUT2D eigenvalue weighted by Gasteiger charge is 2.32. The van der Waals surface area contributed by atoms with E-state index in [0.717, 1.165) is 25.0 Å². The lowest BCUT2D eigenvalue weighted by Gasteiger charge is -2.33. The van der Waals surface area contributed by atoms with Crippen molar-refractivity contribution < 1.29 is 9.84 Å². The molecular formula is C23H28O2. The summed E-state index contributed by atoms with van der Waals surface area (Å²) in [4.78, 5) is 0. The molecule has 0 atom stereocenters. The number of phenolic OH excluding ortho intramolecular Hbond substituents is 1. The van der Waals surface area contributed by atoms with Crippen molar-refractivity contribution >= 4 is 0 Å². The first kappa shape index (κ1) is 17.6. The number of rotatable bonds is 3. The largest absolute Gasteiger partial charge is 0.508 e. The highest BCUT2D eigenvalue weighted by molar-refractivity contribution is 5.59. The van der Waals surface area contributed by atoms with Crippen molar-refractivity contribution in [2.24, 2.45) is 0 Å². The summed E-state index contributed by atoms with van der Waals surface area (Å²) in [6.45, 7) is 10.2. The molecule has 0 bridgehead atoms. The monoisotopic (exact) mass is 336 g/mol. The minimum absolute atomic E-state index is 0.0303. The Morgan fingerprint density at radius 3 is 2.60 bits per heavy atom. The fourth-order valence-electron chi connectivity index (χ4n) is 3.38. The Bertz CT molecular complexity index is 770. The highest BCUT2D eigenvalue weighted by atomic mass is 16.5. The number of hydrogen-bond donors (Lipinski definition) is 1. The van der Waals surface area contributed by atoms with Crippen LogP contribution in [0, 0.1) is 6.92 Å². The molecule has 1 aliphatic carbocycles. The second-order valence-electron chi connectivity index (χ2n) is 7.65. The Hall–Kier alpha value is -2.22. The van der Waals surface area contributed by atoms with Crippen molar-refractivity contribution in [3.8, 4) is 11.5 Å². The van der Waals surface area contributed by atoms with Gasteiger partial charge in [-0.15, -0.1) is 6.58 Å². The summed E-state index contributed by atoms with van der Waals surface area (Å²) in [5.41, 5.74) is 7.30. The molecule has 0 amide bonds. The number of allylic oxidation sites excluding steroid dienone is 1. The number of phenols is 1. The SMILES string of the molecule is C=CCCc1ccc(O)cc1.Cc1c2c(cc3c1CCC(C)(C)O3)C2. The van der Waals surface area contributed by atoms with Gasteiger partial charge in [-0.3, -0.25) is 0 Å². The van der Waals surface area contributed by atoms with Crippen molar-refractivity contribution in [1.29, 1.82) is 0 Å². The van der Waals surface area contributed by atoms with Crippen molar-refractivity contribution in [2.75, 3.05) is 0 Å². The number of benzene rings is 2. The molecule has 0 saturated heterocycles. The molecule has 25 heavy (non-hydrogen) atoms. The van der Waals surface area contributed by atoms with E-state index in [0.29, 0.717) is 5.75 Å². The van der Waals surface area contributed by atoms with E-state index in [4.69, 9.17) is 9.84 Å². The molecule has 2 aliphatic rings. The van der Waals surface area contributed by atoms with Crippen LogP contribution in [0.1, 0.15) is 54.5 Å². The normalized spacial score (nSPS) is 15.8. The minimum atomic E-state index is 0.0303. The highest BCUT2D eigenvalue weighted by Crippen LogP contribution is 2.43. The summed E-state index contributed by atoms with van der Waals surface area (Å²) in [6.07, 6.45) is 7.41. The molecule has 0 aromatic heterocycles. The van der Waals surface area contributed by atoms with Gasteiger partial charge in [0.15, 0.2) is 0 Å². The van der Waals surface area contributed by atoms with Crippen molar-refractivity contribution in [1.82, 2.24) is 0 Å². The van der Waals surface area contributed by atoms with Gasteiger partial charge in [0.1, 0.15) is 17.1 Å². The third kappa shape index (κ3) is 4.25. The Morgan fingerprint density at radius 1 is 1.20 bits per heavy atom. The molecule has 0 unspecified atom stereocenters. The summed E-state index contributed by atoms with van der Waals surface area (Å²) in [7, 11) is 0. The Labute approximate surface area is 151 Å². The molecule has 1 N–H and O–H groups in total. The predicted octanol–water partition coefficient (Wildman–Crippen LogP) is 5.51. The Morgan fingerprint density at radius 2 is 1.92 bits per heavy atom. The molecule has 2 nitrogen and oxygen atoms in total. The van der Waals surface area contributed by atoms with Gasteiger partial charge in [0.2, 0.25) is 0 Å². The van der Waals surface area contributed by atoms with Gasteiger partial charge >= 0.3 is 0 Å². The van der Waals surface area contributed by atoms with E-state index in [-0.39, 0.29) is 5.60 Å². The van der Waals surface area contributed by atoms with Crippen molar-refractivity contribution in [3.05, 3.63) is 70.8 Å². The van der Waals surface area contributed by atoms with Crippen LogP contribution in [0.25, 0.3) is 0 Å². The van der Waals surface area contributed by atoms with Gasteiger partial charge in [-0.2, -0.15) is 0 Å². The Balaban J connectivity index is 0.000000151. The summed E-state index contributed by atoms with van der Waals surface area (Å²) in [5, 5.41) is 8.96. The number of aromatic hydroxyl groups is 1. The molecule has 0 fully saturated rings. The molecule has 1 heterocycles. The number of aryl methyl sites for hydroxylation is 1. The molecule has 4 rings (SSSR count). The lowest BCUT2D eigenvalue weighted by Crippen LogP contribution is -2.32. The van der Waals surface area contributed by atoms with Crippen LogP contribution in [0.15, 0.2) is 43.0 Å². The van der Waals surface area contributed by atoms with Gasteiger partial charge in [-0.05, 0) is 98.9 Å². The van der Waals surface area contributed by atoms with Gasteiger partial charge in [-0.25, -0.2) is 0 Å². The molecule has 2 aromatic carbocycles. The molecule has 1 aliphatic heterocycles. The van der Waals surface area contributed by atoms with Crippen LogP contribution in [0.4, 0.5) is 0 Å². The van der Waals surface area contributed by atoms with Crippen LogP contribution in [0.3, 0.4) is 0 Å². The van der Waals surface area contributed by atoms with Gasteiger partial charge in [0, 0.05) is 0 Å². The maximum Gasteiger partial charge on any atom is 0.123 e. The fraction of sp³-hybridized carbons (Fsp3) is 0.391. The third-order valence-corrected chi connectivity index (χ3v) is 5.07. The maximum absolute atomic E-state index is 8.96. The first-order chi connectivity index (χ1) is 11.9. The molecule has 2 heteroatoms. The van der Waals surface area contributed by atoms with Crippen LogP contribution in [-0.4, -0.2) is 10.7 Å². The lowest BCUT2D eigenvalue weighted by molar-refractivity contribution is 0.0845. The van der Waals surface area contributed by atoms with Gasteiger partial charge in [0.25, 0.3) is 0 Å².